The Kier molecular flexibility index (Phi) is 31.9. The molecule has 1 aliphatic rings. The van der Waals surface area contributed by atoms with Gasteiger partial charge in [0.2, 0.25) is 11.8 Å². The molecule has 2 heterocycles. The van der Waals surface area contributed by atoms with Gasteiger partial charge >= 0.3 is 136 Å². The van der Waals surface area contributed by atoms with E-state index in [1.165, 1.54) is 6.07 Å². The van der Waals surface area contributed by atoms with E-state index < -0.39 is 103 Å². The molecule has 2 rings (SSSR count). The van der Waals surface area contributed by atoms with E-state index in [0.717, 1.165) is 10.8 Å². The van der Waals surface area contributed by atoms with Crippen LogP contribution in [-0.4, -0.2) is 103 Å². The van der Waals surface area contributed by atoms with Crippen LogP contribution in [0.3, 0.4) is 0 Å². The maximum Gasteiger partial charge on any atom is 1.00 e. The molecule has 280 valence electrons. The fourth-order valence-corrected chi connectivity index (χ4v) is 6.44. The SMILES string of the molecule is NC(CCC(=O)NC(CS)C(=O)NCC(=O)O)C(=O)O.Nc1ccn([C@@H]2O[C@H](COP(=O)([O-])OP(=O)([O-])OP(=O)([O-])[O-])[C@@H](O)[C@H]2O)c(=O)n1.[Na+].[Na+].[Na+].[Na+]. The van der Waals surface area contributed by atoms with Crippen LogP contribution in [0.4, 0.5) is 5.82 Å². The molecule has 1 aromatic rings. The minimum Gasteiger partial charge on any atom is -0.790 e. The van der Waals surface area contributed by atoms with E-state index in [4.69, 9.17) is 26.4 Å². The van der Waals surface area contributed by atoms with Crippen LogP contribution in [0, 0.1) is 0 Å². The molecule has 2 amide bonds. The first-order valence-electron chi connectivity index (χ1n) is 12.8. The fourth-order valence-electron chi connectivity index (χ4n) is 3.32. The summed E-state index contributed by atoms with van der Waals surface area (Å²) in [6.07, 6.45) is -5.90. The molecule has 0 saturated carbocycles. The summed E-state index contributed by atoms with van der Waals surface area (Å²) in [7, 11) is -18.1. The molecule has 53 heavy (non-hydrogen) atoms. The van der Waals surface area contributed by atoms with Gasteiger partial charge in [-0.15, -0.1) is 0 Å². The molecule has 1 aliphatic heterocycles. The summed E-state index contributed by atoms with van der Waals surface area (Å²) in [5, 5.41) is 41.3. The van der Waals surface area contributed by atoms with E-state index in [1.807, 2.05) is 0 Å². The third-order valence-electron chi connectivity index (χ3n) is 5.51. The van der Waals surface area contributed by atoms with Crippen molar-refractivity contribution in [3.63, 3.8) is 0 Å². The van der Waals surface area contributed by atoms with Gasteiger partial charge in [-0.2, -0.15) is 17.6 Å². The summed E-state index contributed by atoms with van der Waals surface area (Å²) in [5.41, 5.74) is 9.57. The molecule has 1 aromatic heterocycles. The number of nitrogen functional groups attached to an aromatic ring is 1. The number of aromatic nitrogens is 2. The minimum atomic E-state index is -6.15. The molecule has 34 heteroatoms. The van der Waals surface area contributed by atoms with Gasteiger partial charge in [0.05, 0.1) is 14.4 Å². The van der Waals surface area contributed by atoms with Crippen molar-refractivity contribution >= 4 is 65.7 Å². The number of aliphatic hydroxyl groups excluding tert-OH is 2. The van der Waals surface area contributed by atoms with Gasteiger partial charge in [0.1, 0.15) is 42.8 Å². The molecule has 1 saturated heterocycles. The molecule has 1 fully saturated rings. The van der Waals surface area contributed by atoms with Gasteiger partial charge < -0.3 is 75.9 Å². The van der Waals surface area contributed by atoms with Crippen molar-refractivity contribution in [3.8, 4) is 0 Å². The number of carbonyl (C=O) groups excluding carboxylic acids is 2. The van der Waals surface area contributed by atoms with Gasteiger partial charge in [-0.25, -0.2) is 9.11 Å². The van der Waals surface area contributed by atoms with E-state index in [2.05, 4.69) is 41.4 Å². The summed E-state index contributed by atoms with van der Waals surface area (Å²) >= 11 is 3.87. The Morgan fingerprint density at radius 2 is 1.58 bits per heavy atom. The number of carbonyl (C=O) groups is 4. The normalized spacial score (nSPS) is 21.0. The first kappa shape index (κ1) is 60.8. The molecule has 10 N–H and O–H groups in total. The Morgan fingerprint density at radius 3 is 2.06 bits per heavy atom. The van der Waals surface area contributed by atoms with Crippen molar-refractivity contribution in [1.82, 2.24) is 20.2 Å². The summed E-state index contributed by atoms with van der Waals surface area (Å²) in [4.78, 5) is 102. The van der Waals surface area contributed by atoms with Crippen LogP contribution >= 0.6 is 36.1 Å². The first-order valence-corrected chi connectivity index (χ1v) is 17.8. The number of anilines is 1. The second kappa shape index (κ2) is 27.8. The third kappa shape index (κ3) is 24.0. The summed E-state index contributed by atoms with van der Waals surface area (Å²) in [6, 6.07) is -0.980. The van der Waals surface area contributed by atoms with Crippen molar-refractivity contribution < 1.29 is 209 Å². The second-order valence-electron chi connectivity index (χ2n) is 9.29. The van der Waals surface area contributed by atoms with Crippen molar-refractivity contribution in [2.45, 2.75) is 49.5 Å². The van der Waals surface area contributed by atoms with Crippen LogP contribution < -0.4 is 166 Å². The van der Waals surface area contributed by atoms with Crippen molar-refractivity contribution in [2.75, 3.05) is 24.6 Å². The number of hydrogen-bond donors (Lipinski definition) is 9. The molecule has 0 spiro atoms. The quantitative estimate of drug-likeness (QED) is 0.0398. The number of phosphoric ester groups is 1. The average Bonchev–Trinajstić information content (AvgIpc) is 3.23. The van der Waals surface area contributed by atoms with Crippen LogP contribution in [-0.2, 0) is 50.8 Å². The molecule has 0 aromatic carbocycles. The summed E-state index contributed by atoms with van der Waals surface area (Å²) in [6.45, 7) is -1.71. The predicted molar refractivity (Wildman–Crippen MR) is 151 cm³/mol. The van der Waals surface area contributed by atoms with Crippen molar-refractivity contribution in [1.29, 1.82) is 0 Å². The van der Waals surface area contributed by atoms with E-state index in [1.54, 1.807) is 0 Å². The molecular formula is C19H29N6Na4O20P3S. The monoisotopic (exact) mass is 878 g/mol. The molecule has 26 nitrogen and oxygen atoms in total. The number of rotatable bonds is 17. The number of nitrogens with one attached hydrogen (secondary N) is 2. The number of nitrogens with zero attached hydrogens (tertiary/aromatic N) is 2. The number of hydrogen-bond acceptors (Lipinski definition) is 22. The zero-order valence-electron chi connectivity index (χ0n) is 28.3. The number of amides is 2. The van der Waals surface area contributed by atoms with Crippen LogP contribution in [0.2, 0.25) is 0 Å². The molecule has 0 aliphatic carbocycles. The Morgan fingerprint density at radius 1 is 1.02 bits per heavy atom. The number of phosphoric acid groups is 3. The summed E-state index contributed by atoms with van der Waals surface area (Å²) in [5.74, 6) is -3.85. The van der Waals surface area contributed by atoms with Crippen LogP contribution in [0.1, 0.15) is 19.1 Å². The van der Waals surface area contributed by atoms with Crippen LogP contribution in [0.5, 0.6) is 0 Å². The van der Waals surface area contributed by atoms with E-state index in [0.29, 0.717) is 0 Å². The number of aliphatic hydroxyl groups is 2. The molecular weight excluding hydrogens is 849 g/mol. The molecule has 8 atom stereocenters. The van der Waals surface area contributed by atoms with E-state index in [-0.39, 0.29) is 143 Å². The Bertz CT molecular complexity index is 1560. The van der Waals surface area contributed by atoms with Crippen LogP contribution in [0.15, 0.2) is 17.1 Å². The summed E-state index contributed by atoms with van der Waals surface area (Å²) < 4.78 is 49.1. The van der Waals surface area contributed by atoms with Gasteiger partial charge in [0.15, 0.2) is 6.23 Å². The Hall–Kier alpha value is 1.16. The second-order valence-corrected chi connectivity index (χ2v) is 13.9. The number of nitrogens with two attached hydrogens (primary N) is 2. The van der Waals surface area contributed by atoms with Gasteiger partial charge in [0, 0.05) is 18.4 Å². The fraction of sp³-hybridized carbons (Fsp3) is 0.579. The number of carboxylic acid groups (broad SMARTS) is 2. The van der Waals surface area contributed by atoms with E-state index in [9.17, 15) is 67.5 Å². The maximum absolute atomic E-state index is 11.8. The van der Waals surface area contributed by atoms with Gasteiger partial charge in [0.25, 0.3) is 15.6 Å². The number of thiol groups is 1. The number of ether oxygens (including phenoxy) is 1. The van der Waals surface area contributed by atoms with Gasteiger partial charge in [-0.05, 0) is 12.5 Å². The molecule has 0 radical (unpaired) electrons. The molecule has 4 unspecified atom stereocenters. The predicted octanol–water partition coefficient (Wildman–Crippen LogP) is -18.9. The topological polar surface area (TPSA) is 441 Å². The Balaban J connectivity index is -0.000000447. The number of aliphatic carboxylic acids is 2. The van der Waals surface area contributed by atoms with Gasteiger partial charge in [-0.1, -0.05) is 0 Å². The zero-order chi connectivity index (χ0) is 37.9. The van der Waals surface area contributed by atoms with Crippen molar-refractivity contribution in [2.24, 2.45) is 5.73 Å². The average molecular weight is 878 g/mol. The maximum atomic E-state index is 11.8. The largest absolute Gasteiger partial charge is 1.00 e. The smallest absolute Gasteiger partial charge is 0.790 e. The van der Waals surface area contributed by atoms with Crippen LogP contribution in [0.25, 0.3) is 0 Å². The number of carboxylic acids is 2. The zero-order valence-corrected chi connectivity index (χ0v) is 39.9. The first-order chi connectivity index (χ1) is 22.4. The van der Waals surface area contributed by atoms with Gasteiger partial charge in [-0.3, -0.25) is 37.2 Å². The van der Waals surface area contributed by atoms with E-state index >= 15 is 0 Å². The third-order valence-corrected chi connectivity index (χ3v) is 9.54. The molecule has 0 bridgehead atoms. The minimum absolute atomic E-state index is 0. The Labute approximate surface area is 392 Å². The van der Waals surface area contributed by atoms with Crippen molar-refractivity contribution in [3.05, 3.63) is 22.7 Å². The standard InChI is InChI=1S/C10H17N3O6S.C9H16N3O14P3.4Na/c11-5(10(18)19)1-2-7(14)13-6(4-20)9(17)12-3-8(15)16;10-5-1-2-12(9(15)11-5)8-7(14)6(13)4(24-8)3-23-28(19,20)26-29(21,22)25-27(16,17)18;;;;/h5-6,20H,1-4,11H2,(H,12,17)(H,13,14)(H,15,16)(H,18,19);1-2,4,6-8,13-14H,3H2,(H,19,20)(H,21,22)(H2,10,11,15)(H2,16,17,18);;;;/q;;4*+1/p-4/t;4-,6-,7-,8-;;;;/m.1..../s1.